The van der Waals surface area contributed by atoms with Crippen LogP contribution in [0.2, 0.25) is 20.1 Å². The molecule has 3 aromatic carbocycles. The molecule has 0 saturated carbocycles. The third kappa shape index (κ3) is 3.42. The van der Waals surface area contributed by atoms with E-state index in [-0.39, 0.29) is 43.8 Å². The summed E-state index contributed by atoms with van der Waals surface area (Å²) in [5, 5.41) is 0.531. The highest BCUT2D eigenvalue weighted by atomic mass is 35.5. The highest BCUT2D eigenvalue weighted by Gasteiger charge is 2.62. The van der Waals surface area contributed by atoms with Crippen LogP contribution >= 0.6 is 46.4 Å². The maximum atomic E-state index is 6.88. The number of rotatable bonds is 1. The quantitative estimate of drug-likeness (QED) is 0.226. The molecule has 2 aliphatic heterocycles. The van der Waals surface area contributed by atoms with Crippen molar-refractivity contribution in [2.24, 2.45) is 0 Å². The van der Waals surface area contributed by atoms with Gasteiger partial charge in [-0.25, -0.2) is 0 Å². The Morgan fingerprint density at radius 1 is 0.714 bits per heavy atom. The Labute approximate surface area is 223 Å². The fourth-order valence-electron chi connectivity index (χ4n) is 5.70. The van der Waals surface area contributed by atoms with Gasteiger partial charge in [-0.1, -0.05) is 101 Å². The molecular weight excluding hydrogens is 530 g/mol. The second-order valence-electron chi connectivity index (χ2n) is 9.32. The van der Waals surface area contributed by atoms with Gasteiger partial charge in [-0.05, 0) is 20.3 Å². The summed E-state index contributed by atoms with van der Waals surface area (Å²) in [6.45, 7) is 4.13. The molecule has 1 spiro atoms. The predicted molar refractivity (Wildman–Crippen MR) is 137 cm³/mol. The largest absolute Gasteiger partial charge is 0.480 e. The maximum Gasteiger partial charge on any atom is 0.199 e. The molecule has 6 rings (SSSR count). The molecule has 3 aromatic rings. The van der Waals surface area contributed by atoms with E-state index in [0.29, 0.717) is 6.42 Å². The number of hydrogen-bond donors (Lipinski definition) is 0. The summed E-state index contributed by atoms with van der Waals surface area (Å²) in [5.41, 5.74) is 1.60. The van der Waals surface area contributed by atoms with Crippen molar-refractivity contribution in [1.29, 1.82) is 0 Å². The molecule has 2 heterocycles. The molecular formula is C27H22Cl4O4. The molecule has 1 saturated heterocycles. The van der Waals surface area contributed by atoms with E-state index in [4.69, 9.17) is 65.4 Å². The van der Waals surface area contributed by atoms with Crippen molar-refractivity contribution in [2.75, 3.05) is 0 Å². The van der Waals surface area contributed by atoms with E-state index >= 15 is 0 Å². The van der Waals surface area contributed by atoms with Gasteiger partial charge in [0.25, 0.3) is 0 Å². The second kappa shape index (κ2) is 8.44. The van der Waals surface area contributed by atoms with Crippen LogP contribution < -0.4 is 9.47 Å². The van der Waals surface area contributed by atoms with Crippen molar-refractivity contribution in [2.45, 2.75) is 56.4 Å². The van der Waals surface area contributed by atoms with Gasteiger partial charge in [0, 0.05) is 23.1 Å². The Morgan fingerprint density at radius 3 is 1.94 bits per heavy atom. The summed E-state index contributed by atoms with van der Waals surface area (Å²) in [4.78, 5) is 0. The Hall–Kier alpha value is -1.66. The summed E-state index contributed by atoms with van der Waals surface area (Å²) >= 11 is 26.0. The zero-order valence-electron chi connectivity index (χ0n) is 19.0. The monoisotopic (exact) mass is 550 g/mol. The van der Waals surface area contributed by atoms with Crippen LogP contribution in [0.3, 0.4) is 0 Å². The van der Waals surface area contributed by atoms with Crippen LogP contribution in [0.25, 0.3) is 0 Å². The van der Waals surface area contributed by atoms with Crippen LogP contribution in [0.15, 0.2) is 54.6 Å². The molecule has 0 radical (unpaired) electrons. The minimum absolute atomic E-state index is 0.000824. The molecule has 2 unspecified atom stereocenters. The molecule has 1 fully saturated rings. The number of hydrogen-bond acceptors (Lipinski definition) is 4. The van der Waals surface area contributed by atoms with Crippen molar-refractivity contribution in [3.05, 3.63) is 91.4 Å². The summed E-state index contributed by atoms with van der Waals surface area (Å²) in [6, 6.07) is 17.9. The van der Waals surface area contributed by atoms with E-state index in [2.05, 4.69) is 13.8 Å². The standard InChI is InChI=1S/C27H22Cl4O4/c1-14-12-15(2)34-26(33-14)13-19-27(16-8-4-3-5-9-16,18-11-7-6-10-17(18)26)35-25-23(31)21(29)20(28)22(30)24(25)32-19/h3-11,14-15,19H,12-13H2,1-2H3/t14?,15?,19-,26?,27-/m0/s1. The van der Waals surface area contributed by atoms with Crippen molar-refractivity contribution in [3.63, 3.8) is 0 Å². The van der Waals surface area contributed by atoms with Crippen molar-refractivity contribution >= 4 is 46.4 Å². The molecule has 0 amide bonds. The molecule has 1 aliphatic carbocycles. The first-order chi connectivity index (χ1) is 16.8. The van der Waals surface area contributed by atoms with Crippen molar-refractivity contribution in [1.82, 2.24) is 0 Å². The third-order valence-electron chi connectivity index (χ3n) is 7.00. The fourth-order valence-corrected chi connectivity index (χ4v) is 6.60. The Bertz CT molecular complexity index is 1300. The summed E-state index contributed by atoms with van der Waals surface area (Å²) < 4.78 is 26.7. The van der Waals surface area contributed by atoms with Gasteiger partial charge in [0.1, 0.15) is 10.0 Å². The zero-order valence-corrected chi connectivity index (χ0v) is 22.0. The molecule has 8 heteroatoms. The molecule has 182 valence electrons. The SMILES string of the molecule is CC1CC(C)OC2(C[C@@H]3Oc4c(Cl)c(Cl)c(Cl)c(Cl)c4O[C@@]3(c3ccccc3)c3ccccc32)O1. The Balaban J connectivity index is 1.65. The molecule has 4 nitrogen and oxygen atoms in total. The van der Waals surface area contributed by atoms with E-state index in [1.54, 1.807) is 0 Å². The second-order valence-corrected chi connectivity index (χ2v) is 10.8. The zero-order chi connectivity index (χ0) is 24.5. The number of halogens is 4. The molecule has 35 heavy (non-hydrogen) atoms. The van der Waals surface area contributed by atoms with Gasteiger partial charge in [-0.3, -0.25) is 0 Å². The van der Waals surface area contributed by atoms with E-state index in [1.165, 1.54) is 0 Å². The normalized spacial score (nSPS) is 31.1. The van der Waals surface area contributed by atoms with Crippen LogP contribution in [0.4, 0.5) is 0 Å². The van der Waals surface area contributed by atoms with E-state index in [1.807, 2.05) is 54.6 Å². The molecule has 4 atom stereocenters. The van der Waals surface area contributed by atoms with Crippen molar-refractivity contribution < 1.29 is 18.9 Å². The van der Waals surface area contributed by atoms with Gasteiger partial charge in [0.05, 0.1) is 22.3 Å². The minimum Gasteiger partial charge on any atom is -0.480 e. The summed E-state index contributed by atoms with van der Waals surface area (Å²) in [7, 11) is 0. The highest BCUT2D eigenvalue weighted by molar-refractivity contribution is 6.53. The Morgan fingerprint density at radius 2 is 1.29 bits per heavy atom. The first kappa shape index (κ1) is 23.7. The van der Waals surface area contributed by atoms with Gasteiger partial charge in [-0.15, -0.1) is 0 Å². The lowest BCUT2D eigenvalue weighted by atomic mass is 9.69. The van der Waals surface area contributed by atoms with E-state index in [0.717, 1.165) is 23.1 Å². The van der Waals surface area contributed by atoms with Gasteiger partial charge < -0.3 is 18.9 Å². The molecule has 0 N–H and O–H groups in total. The molecule has 3 aliphatic rings. The van der Waals surface area contributed by atoms with Crippen molar-refractivity contribution in [3.8, 4) is 11.5 Å². The number of benzene rings is 3. The smallest absolute Gasteiger partial charge is 0.199 e. The number of ether oxygens (including phenoxy) is 4. The topological polar surface area (TPSA) is 36.9 Å². The lowest BCUT2D eigenvalue weighted by Crippen LogP contribution is -2.61. The Kier molecular flexibility index (Phi) is 5.72. The minimum atomic E-state index is -1.06. The van der Waals surface area contributed by atoms with Crippen LogP contribution in [-0.4, -0.2) is 18.3 Å². The maximum absolute atomic E-state index is 6.88. The summed E-state index contributed by atoms with van der Waals surface area (Å²) in [6.07, 6.45) is 0.587. The van der Waals surface area contributed by atoms with Gasteiger partial charge in [0.2, 0.25) is 0 Å². The predicted octanol–water partition coefficient (Wildman–Crippen LogP) is 8.15. The van der Waals surface area contributed by atoms with Crippen LogP contribution in [0, 0.1) is 0 Å². The third-order valence-corrected chi connectivity index (χ3v) is 8.77. The van der Waals surface area contributed by atoms with E-state index in [9.17, 15) is 0 Å². The van der Waals surface area contributed by atoms with Crippen LogP contribution in [0.5, 0.6) is 11.5 Å². The lowest BCUT2D eigenvalue weighted by molar-refractivity contribution is -0.340. The molecule has 0 aromatic heterocycles. The highest BCUT2D eigenvalue weighted by Crippen LogP contribution is 2.61. The van der Waals surface area contributed by atoms with Gasteiger partial charge in [0.15, 0.2) is 29.0 Å². The van der Waals surface area contributed by atoms with Crippen LogP contribution in [-0.2, 0) is 20.9 Å². The van der Waals surface area contributed by atoms with E-state index < -0.39 is 17.5 Å². The summed E-state index contributed by atoms with van der Waals surface area (Å²) in [5.74, 6) is -0.498. The first-order valence-corrected chi connectivity index (χ1v) is 13.0. The lowest BCUT2D eigenvalue weighted by Gasteiger charge is -2.55. The van der Waals surface area contributed by atoms with Gasteiger partial charge >= 0.3 is 0 Å². The number of fused-ring (bicyclic) bond motifs is 5. The average Bonchev–Trinajstić information content (AvgIpc) is 2.85. The average molecular weight is 552 g/mol. The first-order valence-electron chi connectivity index (χ1n) is 11.5. The van der Waals surface area contributed by atoms with Crippen LogP contribution in [0.1, 0.15) is 43.4 Å². The molecule has 0 bridgehead atoms. The fraction of sp³-hybridized carbons (Fsp3) is 0.333. The van der Waals surface area contributed by atoms with Gasteiger partial charge in [-0.2, -0.15) is 0 Å².